The molecular weight excluding hydrogens is 384 g/mol. The molecule has 2 aliphatic heterocycles. The van der Waals surface area contributed by atoms with Gasteiger partial charge in [-0.2, -0.15) is 0 Å². The molecule has 0 bridgehead atoms. The molecule has 8 heteroatoms. The van der Waals surface area contributed by atoms with Gasteiger partial charge in [0.1, 0.15) is 5.65 Å². The second-order valence-corrected chi connectivity index (χ2v) is 8.27. The van der Waals surface area contributed by atoms with Gasteiger partial charge in [-0.1, -0.05) is 0 Å². The zero-order valence-corrected chi connectivity index (χ0v) is 18.0. The van der Waals surface area contributed by atoms with Crippen LogP contribution in [0.1, 0.15) is 42.6 Å². The molecule has 30 heavy (non-hydrogen) atoms. The third kappa shape index (κ3) is 4.14. The number of amides is 2. The molecule has 2 amide bonds. The van der Waals surface area contributed by atoms with Crippen LogP contribution in [-0.4, -0.2) is 77.2 Å². The standard InChI is InChI=1S/C22H30N4O4/c1-15-4-9-26-19(13-18-14-25(10-11-30-18)22(28)29-3)21(23-20(26)12-15)17-5-7-24(8-6-17)16(2)27/h4,9,12,17-18H,5-8,10-11,13-14H2,1-3H3/t18-/m0/s1. The van der Waals surface area contributed by atoms with Crippen molar-refractivity contribution in [3.63, 3.8) is 0 Å². The Morgan fingerprint density at radius 3 is 2.70 bits per heavy atom. The maximum atomic E-state index is 12.0. The number of carbonyl (C=O) groups is 2. The summed E-state index contributed by atoms with van der Waals surface area (Å²) in [5.41, 5.74) is 4.35. The lowest BCUT2D eigenvalue weighted by molar-refractivity contribution is -0.129. The van der Waals surface area contributed by atoms with E-state index < -0.39 is 0 Å². The predicted molar refractivity (Wildman–Crippen MR) is 112 cm³/mol. The largest absolute Gasteiger partial charge is 0.453 e. The van der Waals surface area contributed by atoms with Crippen molar-refractivity contribution in [3.05, 3.63) is 35.3 Å². The molecule has 2 aromatic heterocycles. The van der Waals surface area contributed by atoms with Gasteiger partial charge in [-0.15, -0.1) is 0 Å². The molecule has 0 aromatic carbocycles. The summed E-state index contributed by atoms with van der Waals surface area (Å²) < 4.78 is 13.0. The smallest absolute Gasteiger partial charge is 0.409 e. The van der Waals surface area contributed by atoms with Gasteiger partial charge >= 0.3 is 6.09 Å². The first kappa shape index (κ1) is 20.7. The van der Waals surface area contributed by atoms with E-state index in [9.17, 15) is 9.59 Å². The fourth-order valence-electron chi connectivity index (χ4n) is 4.57. The number of aromatic nitrogens is 2. The Labute approximate surface area is 176 Å². The lowest BCUT2D eigenvalue weighted by Crippen LogP contribution is -2.46. The maximum Gasteiger partial charge on any atom is 0.409 e. The molecule has 1 atom stereocenters. The highest BCUT2D eigenvalue weighted by Crippen LogP contribution is 2.32. The van der Waals surface area contributed by atoms with Gasteiger partial charge in [0.05, 0.1) is 32.1 Å². The fraction of sp³-hybridized carbons (Fsp3) is 0.591. The first-order chi connectivity index (χ1) is 14.5. The second kappa shape index (κ2) is 8.63. The van der Waals surface area contributed by atoms with E-state index in [0.717, 1.165) is 43.0 Å². The molecule has 2 saturated heterocycles. The highest BCUT2D eigenvalue weighted by Gasteiger charge is 2.30. The van der Waals surface area contributed by atoms with Crippen molar-refractivity contribution in [2.75, 3.05) is 39.9 Å². The average molecular weight is 415 g/mol. The molecule has 0 saturated carbocycles. The number of imidazole rings is 1. The molecule has 2 aliphatic rings. The molecular formula is C22H30N4O4. The van der Waals surface area contributed by atoms with Crippen LogP contribution in [-0.2, 0) is 20.7 Å². The minimum Gasteiger partial charge on any atom is -0.453 e. The first-order valence-corrected chi connectivity index (χ1v) is 10.6. The Morgan fingerprint density at radius 1 is 1.23 bits per heavy atom. The summed E-state index contributed by atoms with van der Waals surface area (Å²) in [6.45, 7) is 6.79. The molecule has 0 N–H and O–H groups in total. The number of nitrogens with zero attached hydrogens (tertiary/aromatic N) is 4. The number of likely N-dealkylation sites (tertiary alicyclic amines) is 1. The summed E-state index contributed by atoms with van der Waals surface area (Å²) in [5, 5.41) is 0. The summed E-state index contributed by atoms with van der Waals surface area (Å²) in [5.74, 6) is 0.453. The van der Waals surface area contributed by atoms with Crippen LogP contribution in [0, 0.1) is 6.92 Å². The van der Waals surface area contributed by atoms with Crippen LogP contribution in [0.5, 0.6) is 0 Å². The van der Waals surface area contributed by atoms with Gasteiger partial charge < -0.3 is 23.7 Å². The molecule has 162 valence electrons. The highest BCUT2D eigenvalue weighted by atomic mass is 16.5. The van der Waals surface area contributed by atoms with Crippen LogP contribution in [0.3, 0.4) is 0 Å². The number of morpholine rings is 1. The zero-order valence-electron chi connectivity index (χ0n) is 18.0. The van der Waals surface area contributed by atoms with Gasteiger partial charge in [0, 0.05) is 50.8 Å². The van der Waals surface area contributed by atoms with E-state index in [2.05, 4.69) is 29.7 Å². The molecule has 0 aliphatic carbocycles. The number of methoxy groups -OCH3 is 1. The van der Waals surface area contributed by atoms with Crippen LogP contribution in [0.2, 0.25) is 0 Å². The second-order valence-electron chi connectivity index (χ2n) is 8.27. The SMILES string of the molecule is COC(=O)N1CCO[C@@H](Cc2c(C3CCN(C(C)=O)CC3)nc3cc(C)ccn23)C1. The Morgan fingerprint density at radius 2 is 2.00 bits per heavy atom. The van der Waals surface area contributed by atoms with Gasteiger partial charge in [-0.05, 0) is 37.5 Å². The third-order valence-electron chi connectivity index (χ3n) is 6.23. The Hall–Kier alpha value is -2.61. The normalized spacial score (nSPS) is 20.6. The fourth-order valence-corrected chi connectivity index (χ4v) is 4.57. The van der Waals surface area contributed by atoms with Crippen LogP contribution < -0.4 is 0 Å². The Bertz CT molecular complexity index is 933. The maximum absolute atomic E-state index is 12.0. The minimum absolute atomic E-state index is 0.102. The van der Waals surface area contributed by atoms with E-state index in [1.807, 2.05) is 4.90 Å². The van der Waals surface area contributed by atoms with Crippen molar-refractivity contribution in [2.45, 2.75) is 45.1 Å². The van der Waals surface area contributed by atoms with Gasteiger partial charge in [-0.3, -0.25) is 4.79 Å². The lowest BCUT2D eigenvalue weighted by atomic mass is 9.91. The van der Waals surface area contributed by atoms with Crippen molar-refractivity contribution >= 4 is 17.6 Å². The topological polar surface area (TPSA) is 76.4 Å². The first-order valence-electron chi connectivity index (χ1n) is 10.6. The van der Waals surface area contributed by atoms with E-state index in [1.165, 1.54) is 12.7 Å². The molecule has 4 heterocycles. The number of hydrogen-bond acceptors (Lipinski definition) is 5. The average Bonchev–Trinajstić information content (AvgIpc) is 3.10. The third-order valence-corrected chi connectivity index (χ3v) is 6.23. The number of fused-ring (bicyclic) bond motifs is 1. The summed E-state index contributed by atoms with van der Waals surface area (Å²) >= 11 is 0. The number of carbonyl (C=O) groups excluding carboxylic acids is 2. The monoisotopic (exact) mass is 414 g/mol. The Kier molecular flexibility index (Phi) is 5.94. The van der Waals surface area contributed by atoms with Gasteiger partial charge in [0.15, 0.2) is 0 Å². The van der Waals surface area contributed by atoms with Gasteiger partial charge in [0.2, 0.25) is 5.91 Å². The van der Waals surface area contributed by atoms with E-state index in [0.29, 0.717) is 32.0 Å². The van der Waals surface area contributed by atoms with Crippen LogP contribution in [0.4, 0.5) is 4.79 Å². The molecule has 0 spiro atoms. The number of hydrogen-bond donors (Lipinski definition) is 0. The van der Waals surface area contributed by atoms with E-state index in [4.69, 9.17) is 14.5 Å². The molecule has 4 rings (SSSR count). The molecule has 8 nitrogen and oxygen atoms in total. The van der Waals surface area contributed by atoms with Crippen molar-refractivity contribution in [2.24, 2.45) is 0 Å². The van der Waals surface area contributed by atoms with Crippen molar-refractivity contribution in [1.29, 1.82) is 0 Å². The number of pyridine rings is 1. The van der Waals surface area contributed by atoms with E-state index in [1.54, 1.807) is 11.8 Å². The van der Waals surface area contributed by atoms with Gasteiger partial charge in [0.25, 0.3) is 0 Å². The molecule has 2 aromatic rings. The van der Waals surface area contributed by atoms with Crippen molar-refractivity contribution in [3.8, 4) is 0 Å². The number of aryl methyl sites for hydroxylation is 1. The number of rotatable bonds is 3. The van der Waals surface area contributed by atoms with Crippen molar-refractivity contribution < 1.29 is 19.1 Å². The Balaban J connectivity index is 1.60. The quantitative estimate of drug-likeness (QED) is 0.771. The number of piperidine rings is 1. The summed E-state index contributed by atoms with van der Waals surface area (Å²) in [6, 6.07) is 4.18. The van der Waals surface area contributed by atoms with Crippen LogP contribution in [0.25, 0.3) is 5.65 Å². The molecule has 0 unspecified atom stereocenters. The summed E-state index contributed by atoms with van der Waals surface area (Å²) in [6.07, 6.45) is 4.16. The molecule has 2 fully saturated rings. The van der Waals surface area contributed by atoms with E-state index in [-0.39, 0.29) is 18.1 Å². The van der Waals surface area contributed by atoms with Gasteiger partial charge in [-0.25, -0.2) is 9.78 Å². The minimum atomic E-state index is -0.311. The lowest BCUT2D eigenvalue weighted by Gasteiger charge is -2.33. The van der Waals surface area contributed by atoms with E-state index >= 15 is 0 Å². The highest BCUT2D eigenvalue weighted by molar-refractivity contribution is 5.73. The summed E-state index contributed by atoms with van der Waals surface area (Å²) in [7, 11) is 1.41. The van der Waals surface area contributed by atoms with Crippen LogP contribution in [0.15, 0.2) is 18.3 Å². The van der Waals surface area contributed by atoms with Crippen molar-refractivity contribution in [1.82, 2.24) is 19.2 Å². The zero-order chi connectivity index (χ0) is 21.3. The number of ether oxygens (including phenoxy) is 2. The summed E-state index contributed by atoms with van der Waals surface area (Å²) in [4.78, 5) is 32.3. The molecule has 0 radical (unpaired) electrons. The predicted octanol–water partition coefficient (Wildman–Crippen LogP) is 2.38. The van der Waals surface area contributed by atoms with Crippen LogP contribution >= 0.6 is 0 Å².